The Labute approximate surface area is 182 Å². The summed E-state index contributed by atoms with van der Waals surface area (Å²) in [5.41, 5.74) is 3.51. The lowest BCUT2D eigenvalue weighted by Crippen LogP contribution is -2.13. The molecule has 0 unspecified atom stereocenters. The fraction of sp³-hybridized carbons (Fsp3) is 0.269. The molecule has 5 nitrogen and oxygen atoms in total. The molecule has 0 radical (unpaired) electrons. The molecule has 1 N–H and O–H groups in total. The zero-order chi connectivity index (χ0) is 21.3. The summed E-state index contributed by atoms with van der Waals surface area (Å²) in [6.07, 6.45) is 0.902. The Kier molecular flexibility index (Phi) is 7.32. The number of aliphatic hydroxyl groups excluding tert-OH is 1. The van der Waals surface area contributed by atoms with Crippen LogP contribution in [0.25, 0.3) is 10.9 Å². The molecule has 4 aromatic rings. The molecule has 0 bridgehead atoms. The summed E-state index contributed by atoms with van der Waals surface area (Å²) in [6.45, 7) is 1.91. The Morgan fingerprint density at radius 1 is 0.774 bits per heavy atom. The van der Waals surface area contributed by atoms with Gasteiger partial charge in [-0.2, -0.15) is 5.10 Å². The first-order valence-electron chi connectivity index (χ1n) is 10.7. The zero-order valence-corrected chi connectivity index (χ0v) is 17.6. The fourth-order valence-electron chi connectivity index (χ4n) is 3.87. The number of rotatable bonds is 11. The van der Waals surface area contributed by atoms with Crippen molar-refractivity contribution in [2.75, 3.05) is 26.4 Å². The predicted octanol–water partition coefficient (Wildman–Crippen LogP) is 4.65. The predicted molar refractivity (Wildman–Crippen MR) is 122 cm³/mol. The molecular weight excluding hydrogens is 388 g/mol. The first-order valence-corrected chi connectivity index (χ1v) is 10.7. The minimum atomic E-state index is 0.0151. The maximum absolute atomic E-state index is 8.86. The van der Waals surface area contributed by atoms with Crippen molar-refractivity contribution in [3.8, 4) is 5.88 Å². The van der Waals surface area contributed by atoms with E-state index in [1.54, 1.807) is 0 Å². The van der Waals surface area contributed by atoms with Gasteiger partial charge >= 0.3 is 0 Å². The molecule has 0 atom stereocenters. The van der Waals surface area contributed by atoms with Gasteiger partial charge in [0.05, 0.1) is 30.7 Å². The van der Waals surface area contributed by atoms with Crippen molar-refractivity contribution >= 4 is 10.9 Å². The van der Waals surface area contributed by atoms with Crippen molar-refractivity contribution in [1.29, 1.82) is 0 Å². The van der Waals surface area contributed by atoms with E-state index in [0.29, 0.717) is 19.8 Å². The molecule has 31 heavy (non-hydrogen) atoms. The number of hydrogen-bond donors (Lipinski definition) is 1. The fourth-order valence-corrected chi connectivity index (χ4v) is 3.87. The molecule has 0 fully saturated rings. The van der Waals surface area contributed by atoms with E-state index in [4.69, 9.17) is 19.7 Å². The van der Waals surface area contributed by atoms with Gasteiger partial charge in [0.1, 0.15) is 6.61 Å². The second-order valence-corrected chi connectivity index (χ2v) is 7.39. The highest BCUT2D eigenvalue weighted by Gasteiger charge is 2.17. The SMILES string of the molecule is OCCOCCOc1c2ccccc2nn1CCC(c1ccccc1)c1ccccc1. The molecule has 1 aromatic heterocycles. The molecule has 0 aliphatic carbocycles. The quantitative estimate of drug-likeness (QED) is 0.362. The number of aliphatic hydroxyl groups is 1. The minimum absolute atomic E-state index is 0.0151. The van der Waals surface area contributed by atoms with E-state index in [1.807, 2.05) is 28.9 Å². The van der Waals surface area contributed by atoms with Gasteiger partial charge in [0.15, 0.2) is 0 Å². The Balaban J connectivity index is 1.55. The van der Waals surface area contributed by atoms with Gasteiger partial charge in [0, 0.05) is 12.5 Å². The summed E-state index contributed by atoms with van der Waals surface area (Å²) in [4.78, 5) is 0. The summed E-state index contributed by atoms with van der Waals surface area (Å²) in [7, 11) is 0. The molecule has 0 spiro atoms. The summed E-state index contributed by atoms with van der Waals surface area (Å²) in [5.74, 6) is 1.04. The summed E-state index contributed by atoms with van der Waals surface area (Å²) in [5, 5.41) is 14.7. The maximum atomic E-state index is 8.86. The number of ether oxygens (including phenoxy) is 2. The van der Waals surface area contributed by atoms with Gasteiger partial charge in [0.25, 0.3) is 0 Å². The van der Waals surface area contributed by atoms with Crippen LogP contribution in [0.4, 0.5) is 0 Å². The summed E-state index contributed by atoms with van der Waals surface area (Å²) < 4.78 is 13.4. The van der Waals surface area contributed by atoms with Gasteiger partial charge in [-0.3, -0.25) is 0 Å². The lowest BCUT2D eigenvalue weighted by molar-refractivity contribution is 0.0685. The van der Waals surface area contributed by atoms with Crippen LogP contribution in [0.1, 0.15) is 23.5 Å². The van der Waals surface area contributed by atoms with Gasteiger partial charge in [-0.05, 0) is 29.7 Å². The van der Waals surface area contributed by atoms with Crippen LogP contribution in [0.2, 0.25) is 0 Å². The van der Waals surface area contributed by atoms with E-state index in [1.165, 1.54) is 11.1 Å². The second kappa shape index (κ2) is 10.8. The second-order valence-electron chi connectivity index (χ2n) is 7.39. The lowest BCUT2D eigenvalue weighted by atomic mass is 9.88. The van der Waals surface area contributed by atoms with Crippen molar-refractivity contribution < 1.29 is 14.6 Å². The Hall–Kier alpha value is -3.15. The molecule has 0 aliphatic heterocycles. The largest absolute Gasteiger partial charge is 0.475 e. The lowest BCUT2D eigenvalue weighted by Gasteiger charge is -2.19. The van der Waals surface area contributed by atoms with E-state index < -0.39 is 0 Å². The van der Waals surface area contributed by atoms with Gasteiger partial charge in [-0.25, -0.2) is 4.68 Å². The number of benzene rings is 3. The molecule has 1 heterocycles. The van der Waals surface area contributed by atoms with Crippen LogP contribution in [0.3, 0.4) is 0 Å². The third-order valence-corrected chi connectivity index (χ3v) is 5.33. The molecule has 160 valence electrons. The van der Waals surface area contributed by atoms with Crippen LogP contribution < -0.4 is 4.74 Å². The van der Waals surface area contributed by atoms with E-state index in [0.717, 1.165) is 29.7 Å². The molecule has 0 aliphatic rings. The number of nitrogens with zero attached hydrogens (tertiary/aromatic N) is 2. The van der Waals surface area contributed by atoms with Crippen molar-refractivity contribution in [3.63, 3.8) is 0 Å². The number of aryl methyl sites for hydroxylation is 1. The standard InChI is InChI=1S/C26H28N2O3/c29-17-18-30-19-20-31-26-24-13-7-8-14-25(24)27-28(26)16-15-23(21-9-3-1-4-10-21)22-11-5-2-6-12-22/h1-14,23,29H,15-20H2. The van der Waals surface area contributed by atoms with E-state index in [2.05, 4.69) is 60.7 Å². The van der Waals surface area contributed by atoms with Crippen LogP contribution in [0.5, 0.6) is 5.88 Å². The number of fused-ring (bicyclic) bond motifs is 1. The third kappa shape index (κ3) is 5.32. The molecule has 0 saturated carbocycles. The van der Waals surface area contributed by atoms with E-state index >= 15 is 0 Å². The topological polar surface area (TPSA) is 56.5 Å². The molecule has 5 heteroatoms. The van der Waals surface area contributed by atoms with Crippen LogP contribution >= 0.6 is 0 Å². The van der Waals surface area contributed by atoms with Crippen molar-refractivity contribution in [1.82, 2.24) is 9.78 Å². The summed E-state index contributed by atoms with van der Waals surface area (Å²) in [6, 6.07) is 29.3. The van der Waals surface area contributed by atoms with E-state index in [-0.39, 0.29) is 12.5 Å². The van der Waals surface area contributed by atoms with Crippen LogP contribution in [-0.2, 0) is 11.3 Å². The smallest absolute Gasteiger partial charge is 0.219 e. The Morgan fingerprint density at radius 3 is 2.10 bits per heavy atom. The first kappa shape index (κ1) is 21.1. The average Bonchev–Trinajstić information content (AvgIpc) is 3.18. The zero-order valence-electron chi connectivity index (χ0n) is 17.6. The highest BCUT2D eigenvalue weighted by Crippen LogP contribution is 2.31. The maximum Gasteiger partial charge on any atom is 0.219 e. The first-order chi connectivity index (χ1) is 15.4. The van der Waals surface area contributed by atoms with Gasteiger partial charge in [-0.1, -0.05) is 72.8 Å². The third-order valence-electron chi connectivity index (χ3n) is 5.33. The average molecular weight is 417 g/mol. The minimum Gasteiger partial charge on any atom is -0.475 e. The van der Waals surface area contributed by atoms with Gasteiger partial charge in [0.2, 0.25) is 5.88 Å². The van der Waals surface area contributed by atoms with Crippen LogP contribution in [0, 0.1) is 0 Å². The van der Waals surface area contributed by atoms with E-state index in [9.17, 15) is 0 Å². The summed E-state index contributed by atoms with van der Waals surface area (Å²) >= 11 is 0. The molecule has 4 rings (SSSR count). The van der Waals surface area contributed by atoms with Crippen molar-refractivity contribution in [2.24, 2.45) is 0 Å². The highest BCUT2D eigenvalue weighted by molar-refractivity contribution is 5.84. The van der Waals surface area contributed by atoms with Crippen LogP contribution in [-0.4, -0.2) is 41.3 Å². The Morgan fingerprint density at radius 2 is 1.42 bits per heavy atom. The molecule has 0 amide bonds. The highest BCUT2D eigenvalue weighted by atomic mass is 16.5. The number of hydrogen-bond acceptors (Lipinski definition) is 4. The van der Waals surface area contributed by atoms with Crippen molar-refractivity contribution in [3.05, 3.63) is 96.1 Å². The molecule has 0 saturated heterocycles. The van der Waals surface area contributed by atoms with Crippen molar-refractivity contribution in [2.45, 2.75) is 18.9 Å². The Bertz CT molecular complexity index is 1020. The van der Waals surface area contributed by atoms with Gasteiger partial charge < -0.3 is 14.6 Å². The van der Waals surface area contributed by atoms with Gasteiger partial charge in [-0.15, -0.1) is 0 Å². The number of aromatic nitrogens is 2. The normalized spacial score (nSPS) is 11.3. The molecular formula is C26H28N2O3. The molecule has 3 aromatic carbocycles. The van der Waals surface area contributed by atoms with Crippen LogP contribution in [0.15, 0.2) is 84.9 Å². The monoisotopic (exact) mass is 416 g/mol.